The minimum atomic E-state index is 0.872. The largest absolute Gasteiger partial charge is 0.373 e. The second kappa shape index (κ2) is 8.43. The van der Waals surface area contributed by atoms with Crippen LogP contribution < -0.4 is 5.32 Å². The summed E-state index contributed by atoms with van der Waals surface area (Å²) in [5, 5.41) is 3.86. The van der Waals surface area contributed by atoms with E-state index in [9.17, 15) is 0 Å². The highest BCUT2D eigenvalue weighted by Crippen LogP contribution is 2.22. The Hall–Kier alpha value is -0.730. The van der Waals surface area contributed by atoms with Crippen molar-refractivity contribution in [3.8, 4) is 0 Å². The Labute approximate surface area is 98.2 Å². The van der Waals surface area contributed by atoms with Crippen molar-refractivity contribution in [3.63, 3.8) is 0 Å². The quantitative estimate of drug-likeness (QED) is 0.427. The smallest absolute Gasteiger partial charge is 0.00696 e. The molecule has 0 aromatic carbocycles. The third-order valence-corrected chi connectivity index (χ3v) is 3.68. The maximum Gasteiger partial charge on any atom is 0.00696 e. The zero-order valence-electron chi connectivity index (χ0n) is 10.1. The molecule has 0 aliphatic heterocycles. The van der Waals surface area contributed by atoms with Crippen LogP contribution in [0.5, 0.6) is 0 Å². The topological polar surface area (TPSA) is 70.7 Å². The number of rotatable bonds is 2. The molecule has 0 radical (unpaired) electrons. The fourth-order valence-corrected chi connectivity index (χ4v) is 2.87. The lowest BCUT2D eigenvalue weighted by atomic mass is 9.91. The fourth-order valence-electron chi connectivity index (χ4n) is 2.87. The van der Waals surface area contributed by atoms with E-state index in [4.69, 9.17) is 11.1 Å². The van der Waals surface area contributed by atoms with Gasteiger partial charge < -0.3 is 16.4 Å². The van der Waals surface area contributed by atoms with Crippen LogP contribution in [0.25, 0.3) is 16.0 Å². The summed E-state index contributed by atoms with van der Waals surface area (Å²) in [5.41, 5.74) is 13.5. The molecule has 0 spiro atoms. The van der Waals surface area contributed by atoms with Gasteiger partial charge in [0.15, 0.2) is 0 Å². The molecule has 2 saturated carbocycles. The summed E-state index contributed by atoms with van der Waals surface area (Å²) in [7, 11) is 0. The molecule has 0 aromatic rings. The first kappa shape index (κ1) is 13.3. The Bertz CT molecular complexity index is 183. The van der Waals surface area contributed by atoms with E-state index >= 15 is 0 Å². The van der Waals surface area contributed by atoms with Gasteiger partial charge in [-0.1, -0.05) is 38.5 Å². The van der Waals surface area contributed by atoms with Crippen LogP contribution in [-0.4, -0.2) is 12.1 Å². The van der Waals surface area contributed by atoms with E-state index in [1.807, 2.05) is 0 Å². The van der Waals surface area contributed by atoms with Crippen molar-refractivity contribution in [2.45, 2.75) is 76.3 Å². The predicted octanol–water partition coefficient (Wildman–Crippen LogP) is 4.11. The second-order valence-corrected chi connectivity index (χ2v) is 4.93. The molecule has 0 saturated heterocycles. The van der Waals surface area contributed by atoms with Gasteiger partial charge in [0.05, 0.1) is 0 Å². The summed E-state index contributed by atoms with van der Waals surface area (Å²) in [6.07, 6.45) is 14.6. The maximum absolute atomic E-state index is 6.75. The molecule has 4 nitrogen and oxygen atoms in total. The number of hydrogen-bond acceptors (Lipinski definition) is 1. The van der Waals surface area contributed by atoms with E-state index in [2.05, 4.69) is 5.32 Å². The van der Waals surface area contributed by atoms with Gasteiger partial charge >= 0.3 is 0 Å². The van der Waals surface area contributed by atoms with Crippen molar-refractivity contribution in [3.05, 3.63) is 16.0 Å². The van der Waals surface area contributed by atoms with Gasteiger partial charge in [-0.15, -0.1) is 0 Å². The first-order chi connectivity index (χ1) is 7.86. The van der Waals surface area contributed by atoms with Gasteiger partial charge in [-0.05, 0) is 25.7 Å². The molecule has 0 aromatic heterocycles. The first-order valence-corrected chi connectivity index (χ1v) is 6.61. The zero-order valence-corrected chi connectivity index (χ0v) is 10.1. The molecule has 0 amide bonds. The number of hydrogen-bond donors (Lipinski definition) is 1. The van der Waals surface area contributed by atoms with E-state index in [0.717, 1.165) is 12.1 Å². The minimum Gasteiger partial charge on any atom is -0.373 e. The molecular weight excluding hydrogens is 200 g/mol. The van der Waals surface area contributed by atoms with Crippen LogP contribution in [0.4, 0.5) is 0 Å². The molecule has 0 heterocycles. The normalized spacial score (nSPS) is 23.0. The molecule has 2 aliphatic carbocycles. The fraction of sp³-hybridized carbons (Fsp3) is 1.00. The molecule has 0 bridgehead atoms. The molecule has 1 N–H and O–H groups in total. The van der Waals surface area contributed by atoms with Crippen LogP contribution in [0.15, 0.2) is 0 Å². The maximum atomic E-state index is 6.75. The molecule has 16 heavy (non-hydrogen) atoms. The van der Waals surface area contributed by atoms with Crippen LogP contribution >= 0.6 is 0 Å². The zero-order chi connectivity index (χ0) is 11.6. The van der Waals surface area contributed by atoms with Crippen molar-refractivity contribution in [2.24, 2.45) is 0 Å². The summed E-state index contributed by atoms with van der Waals surface area (Å²) < 4.78 is 0. The Kier molecular flexibility index (Phi) is 7.02. The van der Waals surface area contributed by atoms with E-state index in [1.165, 1.54) is 69.1 Å². The molecule has 0 atom stereocenters. The van der Waals surface area contributed by atoms with Gasteiger partial charge in [-0.2, -0.15) is 0 Å². The van der Waals surface area contributed by atoms with E-state index in [0.29, 0.717) is 0 Å². The SMILES string of the molecule is C1CCC(NC2CCCCC2)CC1.[N-]=[N+]=[N-]. The Morgan fingerprint density at radius 1 is 0.688 bits per heavy atom. The Morgan fingerprint density at radius 3 is 1.31 bits per heavy atom. The Balaban J connectivity index is 0.000000386. The summed E-state index contributed by atoms with van der Waals surface area (Å²) in [5.74, 6) is 0. The lowest BCUT2D eigenvalue weighted by Crippen LogP contribution is -2.40. The van der Waals surface area contributed by atoms with Crippen LogP contribution in [0.3, 0.4) is 0 Å². The summed E-state index contributed by atoms with van der Waals surface area (Å²) in [6.45, 7) is 0. The van der Waals surface area contributed by atoms with Crippen molar-refractivity contribution >= 4 is 0 Å². The summed E-state index contributed by atoms with van der Waals surface area (Å²) >= 11 is 0. The van der Waals surface area contributed by atoms with E-state index in [-0.39, 0.29) is 0 Å². The molecule has 92 valence electrons. The van der Waals surface area contributed by atoms with Gasteiger partial charge in [0.25, 0.3) is 0 Å². The minimum absolute atomic E-state index is 0.872. The molecule has 2 fully saturated rings. The van der Waals surface area contributed by atoms with Gasteiger partial charge in [-0.25, -0.2) is 0 Å². The monoisotopic (exact) mass is 223 g/mol. The van der Waals surface area contributed by atoms with E-state index < -0.39 is 0 Å². The molecule has 2 aliphatic rings. The third-order valence-electron chi connectivity index (χ3n) is 3.68. The Morgan fingerprint density at radius 2 is 1.00 bits per heavy atom. The van der Waals surface area contributed by atoms with Crippen LogP contribution in [-0.2, 0) is 0 Å². The molecule has 2 rings (SSSR count). The lowest BCUT2D eigenvalue weighted by Gasteiger charge is -2.30. The third kappa shape index (κ3) is 5.38. The first-order valence-electron chi connectivity index (χ1n) is 6.61. The van der Waals surface area contributed by atoms with E-state index in [1.54, 1.807) is 0 Å². The highest BCUT2D eigenvalue weighted by molar-refractivity contribution is 4.79. The highest BCUT2D eigenvalue weighted by Gasteiger charge is 2.19. The number of nitrogens with zero attached hydrogens (tertiary/aromatic N) is 3. The predicted molar refractivity (Wildman–Crippen MR) is 67.0 cm³/mol. The standard InChI is InChI=1S/C12H23N.N3/c1-3-7-11(8-4-1)13-12-9-5-2-6-10-12;1-3-2/h11-13H,1-10H2;/q;-1. The van der Waals surface area contributed by atoms with Gasteiger partial charge in [0.1, 0.15) is 0 Å². The number of nitrogens with one attached hydrogen (secondary N) is 1. The lowest BCUT2D eigenvalue weighted by molar-refractivity contribution is 0.291. The van der Waals surface area contributed by atoms with Crippen molar-refractivity contribution < 1.29 is 0 Å². The molecule has 4 heteroatoms. The average Bonchev–Trinajstić information content (AvgIpc) is 2.33. The van der Waals surface area contributed by atoms with Gasteiger partial charge in [-0.3, -0.25) is 4.91 Å². The van der Waals surface area contributed by atoms with Crippen molar-refractivity contribution in [1.29, 1.82) is 0 Å². The van der Waals surface area contributed by atoms with Gasteiger partial charge in [0.2, 0.25) is 0 Å². The molecule has 0 unspecified atom stereocenters. The van der Waals surface area contributed by atoms with Crippen molar-refractivity contribution in [1.82, 2.24) is 5.32 Å². The highest BCUT2D eigenvalue weighted by atomic mass is 15.0. The summed E-state index contributed by atoms with van der Waals surface area (Å²) in [4.78, 5) is 1.50. The van der Waals surface area contributed by atoms with Gasteiger partial charge in [0, 0.05) is 12.1 Å². The van der Waals surface area contributed by atoms with Crippen molar-refractivity contribution in [2.75, 3.05) is 0 Å². The molecular formula is C12H23N4-. The second-order valence-electron chi connectivity index (χ2n) is 4.93. The summed E-state index contributed by atoms with van der Waals surface area (Å²) in [6, 6.07) is 1.74. The van der Waals surface area contributed by atoms with Crippen LogP contribution in [0.2, 0.25) is 0 Å². The van der Waals surface area contributed by atoms with Crippen LogP contribution in [0, 0.1) is 0 Å². The van der Waals surface area contributed by atoms with Crippen LogP contribution in [0.1, 0.15) is 64.2 Å². The average molecular weight is 223 g/mol.